The van der Waals surface area contributed by atoms with Gasteiger partial charge in [0.1, 0.15) is 0 Å². The van der Waals surface area contributed by atoms with Crippen LogP contribution in [0.5, 0.6) is 0 Å². The molecule has 0 saturated carbocycles. The number of anilines is 3. The van der Waals surface area contributed by atoms with E-state index in [1.807, 2.05) is 18.2 Å². The van der Waals surface area contributed by atoms with Gasteiger partial charge in [0.25, 0.3) is 0 Å². The molecule has 3 rings (SSSR count). The molecule has 1 saturated heterocycles. The maximum atomic E-state index is 12.2. The zero-order valence-corrected chi connectivity index (χ0v) is 13.1. The summed E-state index contributed by atoms with van der Waals surface area (Å²) in [5.74, 6) is -1.46. The molecule has 7 nitrogen and oxygen atoms in total. The zero-order chi connectivity index (χ0) is 16.8. The highest BCUT2D eigenvalue weighted by Crippen LogP contribution is 2.26. The maximum absolute atomic E-state index is 12.2. The fourth-order valence-electron chi connectivity index (χ4n) is 2.46. The second-order valence-electron chi connectivity index (χ2n) is 5.27. The Hall–Kier alpha value is -2.93. The number of aromatic nitrogens is 1. The van der Waals surface area contributed by atoms with Gasteiger partial charge in [0, 0.05) is 19.3 Å². The Kier molecular flexibility index (Phi) is 5.02. The molecule has 2 amide bonds. The van der Waals surface area contributed by atoms with Crippen LogP contribution in [0.15, 0.2) is 48.8 Å². The summed E-state index contributed by atoms with van der Waals surface area (Å²) in [6.07, 6.45) is 3.07. The topological polar surface area (TPSA) is 83.6 Å². The van der Waals surface area contributed by atoms with Crippen molar-refractivity contribution in [3.8, 4) is 0 Å². The summed E-state index contributed by atoms with van der Waals surface area (Å²) in [5, 5.41) is 5.19. The van der Waals surface area contributed by atoms with Crippen LogP contribution in [-0.2, 0) is 14.3 Å². The number of nitrogens with one attached hydrogen (secondary N) is 2. The van der Waals surface area contributed by atoms with Crippen molar-refractivity contribution in [1.29, 1.82) is 0 Å². The number of amides is 2. The summed E-state index contributed by atoms with van der Waals surface area (Å²) >= 11 is 0. The lowest BCUT2D eigenvalue weighted by Gasteiger charge is -2.30. The molecule has 0 atom stereocenters. The Labute approximate surface area is 139 Å². The SMILES string of the molecule is O=C(Nc1cccnc1)C(=O)Nc1ccccc1N1CCOCC1. The average Bonchev–Trinajstić information content (AvgIpc) is 2.63. The van der Waals surface area contributed by atoms with Crippen molar-refractivity contribution in [2.24, 2.45) is 0 Å². The number of para-hydroxylation sites is 2. The summed E-state index contributed by atoms with van der Waals surface area (Å²) < 4.78 is 5.35. The fourth-order valence-corrected chi connectivity index (χ4v) is 2.46. The van der Waals surface area contributed by atoms with Crippen LogP contribution in [0.1, 0.15) is 0 Å². The molecule has 1 aromatic heterocycles. The summed E-state index contributed by atoms with van der Waals surface area (Å²) in [5.41, 5.74) is 1.95. The molecular formula is C17H18N4O3. The standard InChI is InChI=1S/C17H18N4O3/c22-16(19-13-4-3-7-18-12-13)17(23)20-14-5-1-2-6-15(14)21-8-10-24-11-9-21/h1-7,12H,8-11H2,(H,19,22)(H,20,23). The Morgan fingerprint density at radius 1 is 1.00 bits per heavy atom. The molecule has 0 aliphatic carbocycles. The zero-order valence-electron chi connectivity index (χ0n) is 13.1. The lowest BCUT2D eigenvalue weighted by molar-refractivity contribution is -0.132. The first-order chi connectivity index (χ1) is 11.7. The molecule has 2 aromatic rings. The third-order valence-electron chi connectivity index (χ3n) is 3.63. The number of rotatable bonds is 3. The van der Waals surface area contributed by atoms with Gasteiger partial charge < -0.3 is 20.3 Å². The normalized spacial score (nSPS) is 14.1. The molecular weight excluding hydrogens is 308 g/mol. The number of hydrogen-bond acceptors (Lipinski definition) is 5. The number of carbonyl (C=O) groups is 2. The van der Waals surface area contributed by atoms with Gasteiger partial charge in [0.15, 0.2) is 0 Å². The third-order valence-corrected chi connectivity index (χ3v) is 3.63. The van der Waals surface area contributed by atoms with E-state index in [1.165, 1.54) is 6.20 Å². The summed E-state index contributed by atoms with van der Waals surface area (Å²) in [6, 6.07) is 10.8. The molecule has 2 heterocycles. The average molecular weight is 326 g/mol. The lowest BCUT2D eigenvalue weighted by atomic mass is 10.2. The van der Waals surface area contributed by atoms with E-state index in [2.05, 4.69) is 20.5 Å². The van der Waals surface area contributed by atoms with Crippen LogP contribution in [0.25, 0.3) is 0 Å². The van der Waals surface area contributed by atoms with Crippen LogP contribution in [0.2, 0.25) is 0 Å². The molecule has 7 heteroatoms. The number of morpholine rings is 1. The first-order valence-electron chi connectivity index (χ1n) is 7.68. The van der Waals surface area contributed by atoms with E-state index in [1.54, 1.807) is 24.4 Å². The van der Waals surface area contributed by atoms with Crippen molar-refractivity contribution in [3.63, 3.8) is 0 Å². The molecule has 0 radical (unpaired) electrons. The number of nitrogens with zero attached hydrogens (tertiary/aromatic N) is 2. The van der Waals surface area contributed by atoms with Crippen LogP contribution in [0.4, 0.5) is 17.1 Å². The van der Waals surface area contributed by atoms with Crippen molar-refractivity contribution in [1.82, 2.24) is 4.98 Å². The first kappa shape index (κ1) is 15.9. The van der Waals surface area contributed by atoms with Gasteiger partial charge in [-0.1, -0.05) is 12.1 Å². The van der Waals surface area contributed by atoms with E-state index < -0.39 is 11.8 Å². The van der Waals surface area contributed by atoms with Crippen LogP contribution in [-0.4, -0.2) is 43.1 Å². The van der Waals surface area contributed by atoms with Gasteiger partial charge in [-0.05, 0) is 24.3 Å². The van der Waals surface area contributed by atoms with Crippen LogP contribution in [0, 0.1) is 0 Å². The van der Waals surface area contributed by atoms with Gasteiger partial charge in [0.2, 0.25) is 0 Å². The Morgan fingerprint density at radius 2 is 1.75 bits per heavy atom. The first-order valence-corrected chi connectivity index (χ1v) is 7.68. The minimum absolute atomic E-state index is 0.471. The van der Waals surface area contributed by atoms with E-state index in [9.17, 15) is 9.59 Å². The lowest BCUT2D eigenvalue weighted by Crippen LogP contribution is -2.37. The predicted molar refractivity (Wildman–Crippen MR) is 91.0 cm³/mol. The molecule has 1 aromatic carbocycles. The summed E-state index contributed by atoms with van der Waals surface area (Å²) in [6.45, 7) is 2.77. The third kappa shape index (κ3) is 3.88. The highest BCUT2D eigenvalue weighted by atomic mass is 16.5. The van der Waals surface area contributed by atoms with Crippen LogP contribution >= 0.6 is 0 Å². The van der Waals surface area contributed by atoms with Crippen molar-refractivity contribution < 1.29 is 14.3 Å². The van der Waals surface area contributed by atoms with Gasteiger partial charge >= 0.3 is 11.8 Å². The number of carbonyl (C=O) groups excluding carboxylic acids is 2. The Balaban J connectivity index is 1.69. The smallest absolute Gasteiger partial charge is 0.314 e. The molecule has 1 aliphatic rings. The second kappa shape index (κ2) is 7.56. The molecule has 0 bridgehead atoms. The summed E-state index contributed by atoms with van der Waals surface area (Å²) in [7, 11) is 0. The molecule has 1 aliphatic heterocycles. The summed E-state index contributed by atoms with van der Waals surface area (Å²) in [4.78, 5) is 30.2. The molecule has 124 valence electrons. The second-order valence-corrected chi connectivity index (χ2v) is 5.27. The minimum Gasteiger partial charge on any atom is -0.378 e. The molecule has 0 unspecified atom stereocenters. The van der Waals surface area contributed by atoms with E-state index in [4.69, 9.17) is 4.74 Å². The Morgan fingerprint density at radius 3 is 2.50 bits per heavy atom. The largest absolute Gasteiger partial charge is 0.378 e. The van der Waals surface area contributed by atoms with Crippen molar-refractivity contribution in [2.45, 2.75) is 0 Å². The van der Waals surface area contributed by atoms with E-state index in [0.717, 1.165) is 18.8 Å². The molecule has 1 fully saturated rings. The van der Waals surface area contributed by atoms with Crippen molar-refractivity contribution in [3.05, 3.63) is 48.8 Å². The van der Waals surface area contributed by atoms with Crippen LogP contribution in [0.3, 0.4) is 0 Å². The Bertz CT molecular complexity index is 715. The van der Waals surface area contributed by atoms with Crippen LogP contribution < -0.4 is 15.5 Å². The van der Waals surface area contributed by atoms with Gasteiger partial charge in [-0.15, -0.1) is 0 Å². The van der Waals surface area contributed by atoms with E-state index >= 15 is 0 Å². The highest BCUT2D eigenvalue weighted by molar-refractivity contribution is 6.43. The van der Waals surface area contributed by atoms with Gasteiger partial charge in [-0.3, -0.25) is 14.6 Å². The van der Waals surface area contributed by atoms with E-state index in [-0.39, 0.29) is 0 Å². The fraction of sp³-hybridized carbons (Fsp3) is 0.235. The van der Waals surface area contributed by atoms with Gasteiger partial charge in [-0.2, -0.15) is 0 Å². The van der Waals surface area contributed by atoms with Gasteiger partial charge in [-0.25, -0.2) is 0 Å². The number of pyridine rings is 1. The quantitative estimate of drug-likeness (QED) is 0.835. The highest BCUT2D eigenvalue weighted by Gasteiger charge is 2.19. The monoisotopic (exact) mass is 326 g/mol. The maximum Gasteiger partial charge on any atom is 0.314 e. The number of ether oxygens (including phenoxy) is 1. The van der Waals surface area contributed by atoms with E-state index in [0.29, 0.717) is 24.6 Å². The van der Waals surface area contributed by atoms with Crippen molar-refractivity contribution >= 4 is 28.9 Å². The van der Waals surface area contributed by atoms with Gasteiger partial charge in [0.05, 0.1) is 36.5 Å². The minimum atomic E-state index is -0.736. The number of benzene rings is 1. The van der Waals surface area contributed by atoms with Crippen molar-refractivity contribution in [2.75, 3.05) is 41.8 Å². The molecule has 2 N–H and O–H groups in total. The number of hydrogen-bond donors (Lipinski definition) is 2. The predicted octanol–water partition coefficient (Wildman–Crippen LogP) is 1.50. The molecule has 0 spiro atoms. The molecule has 24 heavy (non-hydrogen) atoms.